The first-order valence-corrected chi connectivity index (χ1v) is 8.28. The van der Waals surface area contributed by atoms with Gasteiger partial charge in [-0.3, -0.25) is 4.79 Å². The molecular weight excluding hydrogens is 374 g/mol. The van der Waals surface area contributed by atoms with E-state index < -0.39 is 0 Å². The van der Waals surface area contributed by atoms with Crippen molar-refractivity contribution >= 4 is 41.0 Å². The molecule has 2 N–H and O–H groups in total. The fraction of sp³-hybridized carbons (Fsp3) is 0.471. The van der Waals surface area contributed by atoms with Gasteiger partial charge in [0.1, 0.15) is 12.4 Å². The maximum Gasteiger partial charge on any atom is 0.248 e. The van der Waals surface area contributed by atoms with Gasteiger partial charge in [-0.2, -0.15) is 4.98 Å². The number of nitrogens with zero attached hydrogens (tertiary/aromatic N) is 4. The van der Waals surface area contributed by atoms with Gasteiger partial charge >= 0.3 is 0 Å². The second kappa shape index (κ2) is 8.92. The highest BCUT2D eigenvalue weighted by molar-refractivity contribution is 5.91. The summed E-state index contributed by atoms with van der Waals surface area (Å²) in [7, 11) is 4.66. The van der Waals surface area contributed by atoms with Crippen LogP contribution in [0.4, 0.5) is 11.8 Å². The number of carbonyl (C=O) groups excluding carboxylic acids is 1. The maximum absolute atomic E-state index is 11.9. The first-order valence-electron chi connectivity index (χ1n) is 8.28. The van der Waals surface area contributed by atoms with Gasteiger partial charge in [-0.1, -0.05) is 0 Å². The van der Waals surface area contributed by atoms with Crippen LogP contribution >= 0.6 is 12.4 Å². The van der Waals surface area contributed by atoms with E-state index in [9.17, 15) is 4.79 Å². The van der Waals surface area contributed by atoms with E-state index in [1.165, 1.54) is 7.11 Å². The Kier molecular flexibility index (Phi) is 6.86. The van der Waals surface area contributed by atoms with E-state index in [1.54, 1.807) is 31.3 Å². The van der Waals surface area contributed by atoms with Crippen molar-refractivity contribution in [2.24, 2.45) is 0 Å². The number of nitrogen functional groups attached to an aromatic ring is 1. The standard InChI is InChI=1S/C17H23N5O4.ClH/c1-24-10-15(23)21-4-6-22(7-5-21)17-19-12-9-14(26-3)13(25-2)8-11(12)16(18)20-17;/h8-9H,4-7,10H2,1-3H3,(H2,18,19,20);1H. The molecule has 0 saturated carbocycles. The molecule has 1 aliphatic heterocycles. The number of rotatable bonds is 5. The molecule has 0 aliphatic carbocycles. The third-order valence-corrected chi connectivity index (χ3v) is 4.40. The van der Waals surface area contributed by atoms with Crippen LogP contribution in [-0.2, 0) is 9.53 Å². The van der Waals surface area contributed by atoms with E-state index >= 15 is 0 Å². The highest BCUT2D eigenvalue weighted by atomic mass is 35.5. The minimum Gasteiger partial charge on any atom is -0.493 e. The molecule has 1 saturated heterocycles. The van der Waals surface area contributed by atoms with Gasteiger partial charge in [0.2, 0.25) is 11.9 Å². The zero-order valence-electron chi connectivity index (χ0n) is 15.6. The maximum atomic E-state index is 11.9. The number of anilines is 2. The molecule has 0 unspecified atom stereocenters. The summed E-state index contributed by atoms with van der Waals surface area (Å²) in [4.78, 5) is 24.8. The first kappa shape index (κ1) is 20.8. The lowest BCUT2D eigenvalue weighted by atomic mass is 10.2. The molecule has 0 spiro atoms. The zero-order chi connectivity index (χ0) is 18.7. The first-order chi connectivity index (χ1) is 12.6. The van der Waals surface area contributed by atoms with Gasteiger partial charge in [0.25, 0.3) is 0 Å². The topological polar surface area (TPSA) is 103 Å². The fourth-order valence-electron chi connectivity index (χ4n) is 2.98. The van der Waals surface area contributed by atoms with Crippen LogP contribution in [0, 0.1) is 0 Å². The average molecular weight is 398 g/mol. The Balaban J connectivity index is 0.00000261. The molecule has 2 aromatic rings. The molecule has 1 aliphatic rings. The molecule has 3 rings (SSSR count). The quantitative estimate of drug-likeness (QED) is 0.795. The summed E-state index contributed by atoms with van der Waals surface area (Å²) < 4.78 is 15.5. The number of fused-ring (bicyclic) bond motifs is 1. The normalized spacial score (nSPS) is 14.0. The lowest BCUT2D eigenvalue weighted by Crippen LogP contribution is -2.50. The number of benzene rings is 1. The van der Waals surface area contributed by atoms with E-state index in [0.717, 1.165) is 0 Å². The van der Waals surface area contributed by atoms with Crippen LogP contribution in [0.2, 0.25) is 0 Å². The number of carbonyl (C=O) groups is 1. The summed E-state index contributed by atoms with van der Waals surface area (Å²) in [6.45, 7) is 2.55. The Morgan fingerprint density at radius 1 is 1.07 bits per heavy atom. The van der Waals surface area contributed by atoms with Crippen molar-refractivity contribution in [3.05, 3.63) is 12.1 Å². The van der Waals surface area contributed by atoms with Crippen LogP contribution < -0.4 is 20.1 Å². The smallest absolute Gasteiger partial charge is 0.248 e. The SMILES string of the molecule is COCC(=O)N1CCN(c2nc(N)c3cc(OC)c(OC)cc3n2)CC1.Cl. The van der Waals surface area contributed by atoms with Crippen LogP contribution in [0.5, 0.6) is 11.5 Å². The number of aromatic nitrogens is 2. The number of amides is 1. The average Bonchev–Trinajstić information content (AvgIpc) is 2.67. The van der Waals surface area contributed by atoms with Gasteiger partial charge in [-0.25, -0.2) is 4.98 Å². The fourth-order valence-corrected chi connectivity index (χ4v) is 2.98. The van der Waals surface area contributed by atoms with E-state index in [2.05, 4.69) is 9.97 Å². The summed E-state index contributed by atoms with van der Waals surface area (Å²) in [5, 5.41) is 0.709. The van der Waals surface area contributed by atoms with Crippen LogP contribution in [0.3, 0.4) is 0 Å². The molecule has 9 nitrogen and oxygen atoms in total. The number of nitrogens with two attached hydrogens (primary N) is 1. The number of hydrogen-bond acceptors (Lipinski definition) is 8. The molecular formula is C17H24ClN5O4. The Hall–Kier alpha value is -2.52. The molecule has 1 aromatic carbocycles. The van der Waals surface area contributed by atoms with Gasteiger partial charge in [0.05, 0.1) is 19.7 Å². The number of piperazine rings is 1. The molecule has 0 radical (unpaired) electrons. The highest BCUT2D eigenvalue weighted by Crippen LogP contribution is 2.34. The Bertz CT molecular complexity index is 812. The molecule has 148 valence electrons. The van der Waals surface area contributed by atoms with Crippen molar-refractivity contribution in [2.45, 2.75) is 0 Å². The predicted octanol–water partition coefficient (Wildman–Crippen LogP) is 0.946. The van der Waals surface area contributed by atoms with Crippen molar-refractivity contribution in [3.63, 3.8) is 0 Å². The van der Waals surface area contributed by atoms with Crippen LogP contribution in [-0.4, -0.2) is 74.9 Å². The lowest BCUT2D eigenvalue weighted by molar-refractivity contribution is -0.135. The molecule has 0 atom stereocenters. The van der Waals surface area contributed by atoms with Crippen LogP contribution in [0.1, 0.15) is 0 Å². The number of halogens is 1. The summed E-state index contributed by atoms with van der Waals surface area (Å²) >= 11 is 0. The third kappa shape index (κ3) is 4.25. The van der Waals surface area contributed by atoms with Crippen molar-refractivity contribution in [2.75, 3.05) is 64.7 Å². The molecule has 2 heterocycles. The molecule has 1 amide bonds. The Morgan fingerprint density at radius 2 is 1.70 bits per heavy atom. The lowest BCUT2D eigenvalue weighted by Gasteiger charge is -2.34. The van der Waals surface area contributed by atoms with Gasteiger partial charge in [0, 0.05) is 44.7 Å². The molecule has 1 aromatic heterocycles. The van der Waals surface area contributed by atoms with Crippen LogP contribution in [0.15, 0.2) is 12.1 Å². The minimum atomic E-state index is -0.0112. The monoisotopic (exact) mass is 397 g/mol. The summed E-state index contributed by atoms with van der Waals surface area (Å²) in [5.41, 5.74) is 6.82. The molecule has 10 heteroatoms. The Morgan fingerprint density at radius 3 is 2.30 bits per heavy atom. The largest absolute Gasteiger partial charge is 0.493 e. The van der Waals surface area contributed by atoms with Gasteiger partial charge in [-0.05, 0) is 6.07 Å². The number of hydrogen-bond donors (Lipinski definition) is 1. The van der Waals surface area contributed by atoms with Gasteiger partial charge in [-0.15, -0.1) is 12.4 Å². The number of ether oxygens (including phenoxy) is 3. The Labute approximate surface area is 163 Å². The molecule has 27 heavy (non-hydrogen) atoms. The molecule has 0 bridgehead atoms. The van der Waals surface area contributed by atoms with Gasteiger partial charge < -0.3 is 29.7 Å². The molecule has 1 fully saturated rings. The second-order valence-electron chi connectivity index (χ2n) is 5.93. The van der Waals surface area contributed by atoms with E-state index in [0.29, 0.717) is 60.3 Å². The van der Waals surface area contributed by atoms with Gasteiger partial charge in [0.15, 0.2) is 11.5 Å². The third-order valence-electron chi connectivity index (χ3n) is 4.40. The van der Waals surface area contributed by atoms with Crippen molar-refractivity contribution in [3.8, 4) is 11.5 Å². The minimum absolute atomic E-state index is 0. The summed E-state index contributed by atoms with van der Waals surface area (Å²) in [6, 6.07) is 3.56. The zero-order valence-corrected chi connectivity index (χ0v) is 16.4. The summed E-state index contributed by atoms with van der Waals surface area (Å²) in [6.07, 6.45) is 0. The van der Waals surface area contributed by atoms with E-state index in [1.807, 2.05) is 4.90 Å². The highest BCUT2D eigenvalue weighted by Gasteiger charge is 2.23. The predicted molar refractivity (Wildman–Crippen MR) is 105 cm³/mol. The van der Waals surface area contributed by atoms with Crippen LogP contribution in [0.25, 0.3) is 10.9 Å². The van der Waals surface area contributed by atoms with Crippen molar-refractivity contribution < 1.29 is 19.0 Å². The second-order valence-corrected chi connectivity index (χ2v) is 5.93. The van der Waals surface area contributed by atoms with Crippen molar-refractivity contribution in [1.82, 2.24) is 14.9 Å². The summed E-state index contributed by atoms with van der Waals surface area (Å²) in [5.74, 6) is 2.07. The van der Waals surface area contributed by atoms with Crippen molar-refractivity contribution in [1.29, 1.82) is 0 Å². The van der Waals surface area contributed by atoms with E-state index in [-0.39, 0.29) is 24.9 Å². The number of methoxy groups -OCH3 is 3. The van der Waals surface area contributed by atoms with E-state index in [4.69, 9.17) is 19.9 Å².